The Kier molecular flexibility index (Phi) is 2.55. The molecule has 1 aromatic rings. The summed E-state index contributed by atoms with van der Waals surface area (Å²) >= 11 is 0. The van der Waals surface area contributed by atoms with Gasteiger partial charge in [-0.25, -0.2) is 0 Å². The standard InChI is InChI=1S/C9H9NO/c1-2-9(11)7-8-3-5-10-6-4-8/h2-6H,1,7H2. The molecule has 0 saturated carbocycles. The molecule has 0 aliphatic heterocycles. The van der Waals surface area contributed by atoms with Crippen molar-refractivity contribution in [3.63, 3.8) is 0 Å². The first-order valence-electron chi connectivity index (χ1n) is 3.37. The van der Waals surface area contributed by atoms with Gasteiger partial charge in [0.2, 0.25) is 0 Å². The first-order valence-corrected chi connectivity index (χ1v) is 3.37. The third-order valence-corrected chi connectivity index (χ3v) is 1.36. The topological polar surface area (TPSA) is 30.0 Å². The van der Waals surface area contributed by atoms with E-state index in [9.17, 15) is 4.79 Å². The molecular weight excluding hydrogens is 138 g/mol. The largest absolute Gasteiger partial charge is 0.295 e. The van der Waals surface area contributed by atoms with E-state index in [1.165, 1.54) is 6.08 Å². The summed E-state index contributed by atoms with van der Waals surface area (Å²) in [5.74, 6) is 0.0381. The number of nitrogens with zero attached hydrogens (tertiary/aromatic N) is 1. The molecule has 1 aromatic heterocycles. The number of carbonyl (C=O) groups excluding carboxylic acids is 1. The normalized spacial score (nSPS) is 9.09. The molecule has 0 saturated heterocycles. The smallest absolute Gasteiger partial charge is 0.159 e. The van der Waals surface area contributed by atoms with Crippen LogP contribution in [-0.4, -0.2) is 10.8 Å². The third-order valence-electron chi connectivity index (χ3n) is 1.36. The number of rotatable bonds is 3. The summed E-state index contributed by atoms with van der Waals surface area (Å²) in [6.45, 7) is 3.39. The van der Waals surface area contributed by atoms with E-state index in [0.717, 1.165) is 5.56 Å². The Balaban J connectivity index is 2.65. The fourth-order valence-corrected chi connectivity index (χ4v) is 0.774. The van der Waals surface area contributed by atoms with E-state index < -0.39 is 0 Å². The zero-order valence-electron chi connectivity index (χ0n) is 6.16. The summed E-state index contributed by atoms with van der Waals surface area (Å²) in [6, 6.07) is 3.64. The molecule has 0 spiro atoms. The van der Waals surface area contributed by atoms with Gasteiger partial charge in [-0.3, -0.25) is 9.78 Å². The number of aromatic nitrogens is 1. The van der Waals surface area contributed by atoms with Crippen molar-refractivity contribution in [2.45, 2.75) is 6.42 Å². The number of allylic oxidation sites excluding steroid dienone is 1. The van der Waals surface area contributed by atoms with Crippen LogP contribution in [0.5, 0.6) is 0 Å². The second kappa shape index (κ2) is 3.66. The minimum absolute atomic E-state index is 0.0381. The zero-order valence-corrected chi connectivity index (χ0v) is 6.16. The van der Waals surface area contributed by atoms with Crippen molar-refractivity contribution in [1.82, 2.24) is 4.98 Å². The lowest BCUT2D eigenvalue weighted by Gasteiger charge is -1.93. The van der Waals surface area contributed by atoms with Gasteiger partial charge in [-0.2, -0.15) is 0 Å². The van der Waals surface area contributed by atoms with Gasteiger partial charge in [0, 0.05) is 18.8 Å². The van der Waals surface area contributed by atoms with E-state index in [1.807, 2.05) is 12.1 Å². The second-order valence-electron chi connectivity index (χ2n) is 2.20. The van der Waals surface area contributed by atoms with Crippen molar-refractivity contribution < 1.29 is 4.79 Å². The van der Waals surface area contributed by atoms with E-state index in [1.54, 1.807) is 12.4 Å². The van der Waals surface area contributed by atoms with E-state index in [-0.39, 0.29) is 5.78 Å². The van der Waals surface area contributed by atoms with Crippen LogP contribution in [0.25, 0.3) is 0 Å². The average Bonchev–Trinajstić information content (AvgIpc) is 2.06. The molecule has 0 fully saturated rings. The highest BCUT2D eigenvalue weighted by Crippen LogP contribution is 1.97. The highest BCUT2D eigenvalue weighted by atomic mass is 16.1. The molecule has 0 aliphatic carbocycles. The predicted molar refractivity (Wildman–Crippen MR) is 43.1 cm³/mol. The van der Waals surface area contributed by atoms with E-state index in [2.05, 4.69) is 11.6 Å². The van der Waals surface area contributed by atoms with Gasteiger partial charge in [0.1, 0.15) is 0 Å². The SMILES string of the molecule is C=CC(=O)Cc1ccncc1. The Morgan fingerprint density at radius 1 is 1.55 bits per heavy atom. The van der Waals surface area contributed by atoms with Crippen LogP contribution in [0.3, 0.4) is 0 Å². The fourth-order valence-electron chi connectivity index (χ4n) is 0.774. The van der Waals surface area contributed by atoms with Gasteiger partial charge < -0.3 is 0 Å². The Hall–Kier alpha value is -1.44. The molecule has 0 aromatic carbocycles. The zero-order chi connectivity index (χ0) is 8.10. The van der Waals surface area contributed by atoms with E-state index >= 15 is 0 Å². The maximum Gasteiger partial charge on any atom is 0.159 e. The number of hydrogen-bond donors (Lipinski definition) is 0. The quantitative estimate of drug-likeness (QED) is 0.604. The van der Waals surface area contributed by atoms with Crippen LogP contribution >= 0.6 is 0 Å². The van der Waals surface area contributed by atoms with Gasteiger partial charge >= 0.3 is 0 Å². The Bertz CT molecular complexity index is 254. The Morgan fingerprint density at radius 2 is 2.18 bits per heavy atom. The lowest BCUT2D eigenvalue weighted by atomic mass is 10.1. The summed E-state index contributed by atoms with van der Waals surface area (Å²) in [5.41, 5.74) is 0.977. The van der Waals surface area contributed by atoms with Crippen molar-refractivity contribution >= 4 is 5.78 Å². The van der Waals surface area contributed by atoms with E-state index in [4.69, 9.17) is 0 Å². The number of hydrogen-bond acceptors (Lipinski definition) is 2. The van der Waals surface area contributed by atoms with Crippen molar-refractivity contribution in [3.8, 4) is 0 Å². The van der Waals surface area contributed by atoms with Crippen LogP contribution in [0.4, 0.5) is 0 Å². The van der Waals surface area contributed by atoms with Crippen molar-refractivity contribution in [2.24, 2.45) is 0 Å². The summed E-state index contributed by atoms with van der Waals surface area (Å²) in [5, 5.41) is 0. The van der Waals surface area contributed by atoms with Gasteiger partial charge in [-0.05, 0) is 23.8 Å². The monoisotopic (exact) mass is 147 g/mol. The molecule has 2 nitrogen and oxygen atoms in total. The second-order valence-corrected chi connectivity index (χ2v) is 2.20. The Morgan fingerprint density at radius 3 is 2.73 bits per heavy atom. The molecule has 0 radical (unpaired) electrons. The summed E-state index contributed by atoms with van der Waals surface area (Å²) in [6.07, 6.45) is 5.10. The Labute approximate surface area is 65.6 Å². The van der Waals surface area contributed by atoms with Crippen molar-refractivity contribution in [2.75, 3.05) is 0 Å². The highest BCUT2D eigenvalue weighted by molar-refractivity contribution is 5.90. The average molecular weight is 147 g/mol. The van der Waals surface area contributed by atoms with Crippen LogP contribution in [0.2, 0.25) is 0 Å². The molecule has 56 valence electrons. The molecule has 0 amide bonds. The van der Waals surface area contributed by atoms with Gasteiger partial charge in [0.15, 0.2) is 5.78 Å². The van der Waals surface area contributed by atoms with Gasteiger partial charge in [0.25, 0.3) is 0 Å². The maximum absolute atomic E-state index is 10.8. The number of ketones is 1. The molecule has 11 heavy (non-hydrogen) atoms. The number of carbonyl (C=O) groups is 1. The molecule has 0 aliphatic rings. The van der Waals surface area contributed by atoms with Crippen LogP contribution in [0.15, 0.2) is 37.2 Å². The van der Waals surface area contributed by atoms with Crippen LogP contribution in [0.1, 0.15) is 5.56 Å². The molecule has 1 heterocycles. The van der Waals surface area contributed by atoms with Gasteiger partial charge in [0.05, 0.1) is 0 Å². The first-order chi connectivity index (χ1) is 5.33. The molecule has 2 heteroatoms. The summed E-state index contributed by atoms with van der Waals surface area (Å²) < 4.78 is 0. The molecule has 0 atom stereocenters. The summed E-state index contributed by atoms with van der Waals surface area (Å²) in [4.78, 5) is 14.7. The predicted octanol–water partition coefficient (Wildman–Crippen LogP) is 1.38. The summed E-state index contributed by atoms with van der Waals surface area (Å²) in [7, 11) is 0. The van der Waals surface area contributed by atoms with Gasteiger partial charge in [-0.1, -0.05) is 6.58 Å². The molecule has 0 bridgehead atoms. The molecule has 0 N–H and O–H groups in total. The lowest BCUT2D eigenvalue weighted by molar-refractivity contribution is -0.114. The first kappa shape index (κ1) is 7.66. The molecule has 1 rings (SSSR count). The number of pyridine rings is 1. The van der Waals surface area contributed by atoms with Crippen LogP contribution in [-0.2, 0) is 11.2 Å². The minimum atomic E-state index is 0.0381. The minimum Gasteiger partial charge on any atom is -0.295 e. The molecular formula is C9H9NO. The fraction of sp³-hybridized carbons (Fsp3) is 0.111. The van der Waals surface area contributed by atoms with Crippen LogP contribution in [0, 0.1) is 0 Å². The highest BCUT2D eigenvalue weighted by Gasteiger charge is 1.96. The van der Waals surface area contributed by atoms with Gasteiger partial charge in [-0.15, -0.1) is 0 Å². The van der Waals surface area contributed by atoms with Crippen LogP contribution < -0.4 is 0 Å². The molecule has 0 unspecified atom stereocenters. The third kappa shape index (κ3) is 2.34. The lowest BCUT2D eigenvalue weighted by Crippen LogP contribution is -1.97. The van der Waals surface area contributed by atoms with E-state index in [0.29, 0.717) is 6.42 Å². The van der Waals surface area contributed by atoms with Crippen molar-refractivity contribution in [3.05, 3.63) is 42.7 Å². The maximum atomic E-state index is 10.8. The van der Waals surface area contributed by atoms with Crippen molar-refractivity contribution in [1.29, 1.82) is 0 Å².